The Morgan fingerprint density at radius 3 is 2.30 bits per heavy atom. The first-order valence-electron chi connectivity index (χ1n) is 16.0. The van der Waals surface area contributed by atoms with Gasteiger partial charge in [0.25, 0.3) is 11.8 Å². The average molecular weight is 629 g/mol. The molecule has 0 aliphatic carbocycles. The van der Waals surface area contributed by atoms with E-state index in [0.29, 0.717) is 48.6 Å². The normalized spacial score (nSPS) is 16.3. The molecule has 2 heterocycles. The molecule has 1 unspecified atom stereocenters. The zero-order valence-corrected chi connectivity index (χ0v) is 27.2. The molecule has 2 atom stereocenters. The van der Waals surface area contributed by atoms with Crippen molar-refractivity contribution < 1.29 is 28.6 Å². The van der Waals surface area contributed by atoms with Crippen molar-refractivity contribution >= 4 is 23.4 Å². The molecule has 1 N–H and O–H groups in total. The Morgan fingerprint density at radius 2 is 1.61 bits per heavy atom. The Morgan fingerprint density at radius 1 is 0.870 bits per heavy atom. The number of nitrogens with zero attached hydrogens (tertiary/aromatic N) is 3. The number of amides is 3. The molecule has 3 aromatic carbocycles. The van der Waals surface area contributed by atoms with Crippen LogP contribution in [0.25, 0.3) is 0 Å². The summed E-state index contributed by atoms with van der Waals surface area (Å²) in [6.45, 7) is 8.07. The Bertz CT molecular complexity index is 1520. The van der Waals surface area contributed by atoms with E-state index in [1.54, 1.807) is 26.4 Å². The van der Waals surface area contributed by atoms with Crippen LogP contribution in [-0.2, 0) is 9.53 Å². The molecular weight excluding hydrogens is 584 g/mol. The lowest BCUT2D eigenvalue weighted by molar-refractivity contribution is -0.125. The highest BCUT2D eigenvalue weighted by Crippen LogP contribution is 2.40. The third-order valence-corrected chi connectivity index (χ3v) is 8.93. The van der Waals surface area contributed by atoms with Gasteiger partial charge in [-0.05, 0) is 62.1 Å². The number of hydrogen-bond acceptors (Lipinski definition) is 8. The minimum atomic E-state index is -0.576. The van der Waals surface area contributed by atoms with Gasteiger partial charge in [0.2, 0.25) is 5.91 Å². The van der Waals surface area contributed by atoms with Gasteiger partial charge in [0.15, 0.2) is 11.5 Å². The van der Waals surface area contributed by atoms with Crippen LogP contribution in [-0.4, -0.2) is 87.7 Å². The fourth-order valence-corrected chi connectivity index (χ4v) is 6.40. The Labute approximate surface area is 271 Å². The second-order valence-electron chi connectivity index (χ2n) is 11.5. The summed E-state index contributed by atoms with van der Waals surface area (Å²) in [6, 6.07) is 21.2. The van der Waals surface area contributed by atoms with Crippen LogP contribution < -0.4 is 19.7 Å². The SMILES string of the molecule is CCOCC(=O)NCCC[C@H](c1ccc(OC)c(OC)c1)N1C(=O)c2cccc(N3CCN(C(C)c4ccccc4)CC3)c2C1=O. The molecule has 5 rings (SSSR count). The highest BCUT2D eigenvalue weighted by atomic mass is 16.5. The largest absolute Gasteiger partial charge is 0.493 e. The molecule has 1 saturated heterocycles. The van der Waals surface area contributed by atoms with E-state index in [2.05, 4.69) is 46.3 Å². The summed E-state index contributed by atoms with van der Waals surface area (Å²) in [4.78, 5) is 46.5. The van der Waals surface area contributed by atoms with E-state index < -0.39 is 6.04 Å². The molecule has 3 aromatic rings. The van der Waals surface area contributed by atoms with Gasteiger partial charge < -0.3 is 24.4 Å². The third-order valence-electron chi connectivity index (χ3n) is 8.93. The summed E-state index contributed by atoms with van der Waals surface area (Å²) in [5.41, 5.74) is 3.69. The average Bonchev–Trinajstić information content (AvgIpc) is 3.36. The molecule has 0 spiro atoms. The summed E-state index contributed by atoms with van der Waals surface area (Å²) >= 11 is 0. The smallest absolute Gasteiger partial charge is 0.264 e. The molecule has 0 aromatic heterocycles. The van der Waals surface area contributed by atoms with Gasteiger partial charge in [-0.15, -0.1) is 0 Å². The minimum absolute atomic E-state index is 0.00375. The standard InChI is InChI=1S/C36H44N4O6/c1-5-46-24-33(41)37-18-10-15-29(27-16-17-31(44-3)32(23-27)45-4)40-35(42)28-13-9-14-30(34(28)36(40)43)39-21-19-38(20-22-39)25(2)26-11-7-6-8-12-26/h6-9,11-14,16-17,23,25,29H,5,10,15,18-22,24H2,1-4H3,(H,37,41)/t25?,29-/m1/s1. The lowest BCUT2D eigenvalue weighted by atomic mass is 9.99. The van der Waals surface area contributed by atoms with Gasteiger partial charge >= 0.3 is 0 Å². The molecular formula is C36H44N4O6. The predicted octanol–water partition coefficient (Wildman–Crippen LogP) is 4.86. The number of benzene rings is 3. The number of carbonyl (C=O) groups is 3. The van der Waals surface area contributed by atoms with E-state index in [-0.39, 0.29) is 30.4 Å². The molecule has 2 aliphatic heterocycles. The van der Waals surface area contributed by atoms with Gasteiger partial charge in [-0.2, -0.15) is 0 Å². The van der Waals surface area contributed by atoms with E-state index in [4.69, 9.17) is 14.2 Å². The van der Waals surface area contributed by atoms with Gasteiger partial charge in [-0.25, -0.2) is 0 Å². The maximum absolute atomic E-state index is 14.3. The topological polar surface area (TPSA) is 101 Å². The van der Waals surface area contributed by atoms with E-state index >= 15 is 0 Å². The van der Waals surface area contributed by atoms with Crippen molar-refractivity contribution in [1.82, 2.24) is 15.1 Å². The van der Waals surface area contributed by atoms with Crippen LogP contribution in [0.15, 0.2) is 66.7 Å². The van der Waals surface area contributed by atoms with Crippen molar-refractivity contribution in [3.8, 4) is 11.5 Å². The molecule has 3 amide bonds. The van der Waals surface area contributed by atoms with E-state index in [0.717, 1.165) is 37.4 Å². The first-order valence-corrected chi connectivity index (χ1v) is 16.0. The highest BCUT2D eigenvalue weighted by molar-refractivity contribution is 6.24. The number of fused-ring (bicyclic) bond motifs is 1. The number of carbonyl (C=O) groups excluding carboxylic acids is 3. The molecule has 0 radical (unpaired) electrons. The molecule has 0 bridgehead atoms. The second kappa shape index (κ2) is 15.2. The van der Waals surface area contributed by atoms with Crippen LogP contribution in [0.3, 0.4) is 0 Å². The van der Waals surface area contributed by atoms with Crippen molar-refractivity contribution in [1.29, 1.82) is 0 Å². The van der Waals surface area contributed by atoms with Gasteiger partial charge in [-0.3, -0.25) is 24.2 Å². The van der Waals surface area contributed by atoms with Crippen LogP contribution in [0.2, 0.25) is 0 Å². The summed E-state index contributed by atoms with van der Waals surface area (Å²) in [5.74, 6) is 0.232. The van der Waals surface area contributed by atoms with E-state index in [9.17, 15) is 14.4 Å². The lowest BCUT2D eigenvalue weighted by Crippen LogP contribution is -2.47. The van der Waals surface area contributed by atoms with Crippen LogP contribution in [0, 0.1) is 0 Å². The van der Waals surface area contributed by atoms with Gasteiger partial charge in [0.1, 0.15) is 6.61 Å². The Kier molecular flexibility index (Phi) is 10.9. The minimum Gasteiger partial charge on any atom is -0.493 e. The lowest BCUT2D eigenvalue weighted by Gasteiger charge is -2.39. The fourth-order valence-electron chi connectivity index (χ4n) is 6.40. The summed E-state index contributed by atoms with van der Waals surface area (Å²) < 4.78 is 16.2. The molecule has 10 heteroatoms. The predicted molar refractivity (Wildman–Crippen MR) is 177 cm³/mol. The van der Waals surface area contributed by atoms with Gasteiger partial charge in [-0.1, -0.05) is 42.5 Å². The van der Waals surface area contributed by atoms with Crippen molar-refractivity contribution in [2.45, 2.75) is 38.8 Å². The zero-order valence-electron chi connectivity index (χ0n) is 27.2. The van der Waals surface area contributed by atoms with E-state index in [1.165, 1.54) is 10.5 Å². The van der Waals surface area contributed by atoms with Crippen molar-refractivity contribution in [2.75, 3.05) is 65.1 Å². The maximum Gasteiger partial charge on any atom is 0.264 e. The van der Waals surface area contributed by atoms with Crippen molar-refractivity contribution in [3.63, 3.8) is 0 Å². The van der Waals surface area contributed by atoms with Crippen LogP contribution in [0.1, 0.15) is 70.6 Å². The number of imide groups is 1. The van der Waals surface area contributed by atoms with E-state index in [1.807, 2.05) is 37.3 Å². The second-order valence-corrected chi connectivity index (χ2v) is 11.5. The fraction of sp³-hybridized carbons (Fsp3) is 0.417. The summed E-state index contributed by atoms with van der Waals surface area (Å²) in [6.07, 6.45) is 0.986. The number of anilines is 1. The van der Waals surface area contributed by atoms with Crippen LogP contribution >= 0.6 is 0 Å². The number of hydrogen-bond donors (Lipinski definition) is 1. The Hall–Kier alpha value is -4.41. The molecule has 46 heavy (non-hydrogen) atoms. The Balaban J connectivity index is 1.37. The van der Waals surface area contributed by atoms with Crippen molar-refractivity contribution in [3.05, 3.63) is 89.0 Å². The number of nitrogens with one attached hydrogen (secondary N) is 1. The maximum atomic E-state index is 14.3. The van der Waals surface area contributed by atoms with Gasteiger partial charge in [0, 0.05) is 45.4 Å². The van der Waals surface area contributed by atoms with Crippen molar-refractivity contribution in [2.24, 2.45) is 0 Å². The van der Waals surface area contributed by atoms with Gasteiger partial charge in [0.05, 0.1) is 37.1 Å². The highest BCUT2D eigenvalue weighted by Gasteiger charge is 2.43. The third kappa shape index (κ3) is 7.03. The first-order chi connectivity index (χ1) is 22.4. The number of rotatable bonds is 14. The zero-order chi connectivity index (χ0) is 32.6. The monoisotopic (exact) mass is 628 g/mol. The first kappa shape index (κ1) is 33.0. The molecule has 244 valence electrons. The number of piperazine rings is 1. The molecule has 2 aliphatic rings. The molecule has 1 fully saturated rings. The molecule has 0 saturated carbocycles. The summed E-state index contributed by atoms with van der Waals surface area (Å²) in [7, 11) is 3.12. The number of ether oxygens (including phenoxy) is 3. The summed E-state index contributed by atoms with van der Waals surface area (Å²) in [5, 5.41) is 2.86. The molecule has 10 nitrogen and oxygen atoms in total. The van der Waals surface area contributed by atoms with Crippen LogP contribution in [0.5, 0.6) is 11.5 Å². The van der Waals surface area contributed by atoms with Crippen LogP contribution in [0.4, 0.5) is 5.69 Å². The quantitative estimate of drug-likeness (QED) is 0.200. The number of methoxy groups -OCH3 is 2.